The predicted octanol–water partition coefficient (Wildman–Crippen LogP) is -1.93. The largest absolute Gasteiger partial charge is 0.481 e. The summed E-state index contributed by atoms with van der Waals surface area (Å²) >= 11 is 0. The lowest BCUT2D eigenvalue weighted by Gasteiger charge is -2.23. The van der Waals surface area contributed by atoms with Crippen LogP contribution in [0.1, 0.15) is 24.8 Å². The van der Waals surface area contributed by atoms with Crippen LogP contribution in [0.15, 0.2) is 30.3 Å². The Labute approximate surface area is 188 Å². The first-order valence-corrected chi connectivity index (χ1v) is 9.84. The van der Waals surface area contributed by atoms with E-state index in [2.05, 4.69) is 10.6 Å². The number of carboxylic acid groups (broad SMARTS) is 3. The van der Waals surface area contributed by atoms with Gasteiger partial charge in [0, 0.05) is 12.8 Å². The van der Waals surface area contributed by atoms with E-state index in [9.17, 15) is 33.9 Å². The molecular formula is C20H26N4O9. The minimum Gasteiger partial charge on any atom is -0.481 e. The van der Waals surface area contributed by atoms with Crippen LogP contribution >= 0.6 is 0 Å². The maximum Gasteiger partial charge on any atom is 0.326 e. The van der Waals surface area contributed by atoms with Gasteiger partial charge in [0.25, 0.3) is 0 Å². The molecule has 0 aliphatic carbocycles. The first kappa shape index (κ1) is 27.0. The molecule has 3 unspecified atom stereocenters. The normalized spacial score (nSPS) is 13.1. The molecule has 1 rings (SSSR count). The van der Waals surface area contributed by atoms with Gasteiger partial charge in [-0.15, -0.1) is 0 Å². The molecule has 3 amide bonds. The molecule has 13 nitrogen and oxygen atoms in total. The molecule has 0 aliphatic heterocycles. The zero-order valence-corrected chi connectivity index (χ0v) is 17.5. The van der Waals surface area contributed by atoms with Gasteiger partial charge in [-0.2, -0.15) is 0 Å². The molecule has 0 saturated carbocycles. The van der Waals surface area contributed by atoms with E-state index in [1.165, 1.54) is 0 Å². The van der Waals surface area contributed by atoms with E-state index in [-0.39, 0.29) is 6.42 Å². The number of carbonyl (C=O) groups excluding carboxylic acids is 3. The molecule has 180 valence electrons. The molecular weight excluding hydrogens is 440 g/mol. The molecule has 0 aliphatic rings. The molecule has 8 N–H and O–H groups in total. The van der Waals surface area contributed by atoms with Crippen molar-refractivity contribution in [1.82, 2.24) is 16.0 Å². The molecule has 13 heteroatoms. The Hall–Kier alpha value is -4.00. The number of amides is 3. The Morgan fingerprint density at radius 1 is 0.788 bits per heavy atom. The van der Waals surface area contributed by atoms with Crippen molar-refractivity contribution >= 4 is 35.6 Å². The fourth-order valence-electron chi connectivity index (χ4n) is 2.77. The Balaban J connectivity index is 3.01. The van der Waals surface area contributed by atoms with Crippen LogP contribution in [0.2, 0.25) is 0 Å². The Morgan fingerprint density at radius 2 is 1.36 bits per heavy atom. The highest BCUT2D eigenvalue weighted by Gasteiger charge is 2.31. The highest BCUT2D eigenvalue weighted by atomic mass is 16.4. The summed E-state index contributed by atoms with van der Waals surface area (Å²) in [4.78, 5) is 70.3. The fourth-order valence-corrected chi connectivity index (χ4v) is 2.77. The van der Waals surface area contributed by atoms with Crippen LogP contribution in [-0.4, -0.2) is 75.6 Å². The summed E-state index contributed by atoms with van der Waals surface area (Å²) in [6, 6.07) is 4.04. The molecule has 0 fully saturated rings. The second-order valence-electron chi connectivity index (χ2n) is 7.00. The molecule has 0 spiro atoms. The van der Waals surface area contributed by atoms with Gasteiger partial charge in [0.15, 0.2) is 0 Å². The van der Waals surface area contributed by atoms with Gasteiger partial charge < -0.3 is 37.0 Å². The SMILES string of the molecule is NCC(=O)NC(Cc1ccccc1)C(=O)NC(CC(=O)O)C(=O)NC(CCC(=O)O)C(=O)O. The minimum absolute atomic E-state index is 0.0101. The first-order chi connectivity index (χ1) is 15.5. The fraction of sp³-hybridized carbons (Fsp3) is 0.400. The number of hydrogen-bond acceptors (Lipinski definition) is 7. The van der Waals surface area contributed by atoms with E-state index >= 15 is 0 Å². The third-order valence-electron chi connectivity index (χ3n) is 4.39. The zero-order valence-electron chi connectivity index (χ0n) is 17.5. The lowest BCUT2D eigenvalue weighted by Crippen LogP contribution is -2.57. The van der Waals surface area contributed by atoms with Crippen molar-refractivity contribution in [1.29, 1.82) is 0 Å². The molecule has 0 saturated heterocycles. The molecule has 0 heterocycles. The summed E-state index contributed by atoms with van der Waals surface area (Å²) in [6.45, 7) is -0.415. The topological polar surface area (TPSA) is 225 Å². The lowest BCUT2D eigenvalue weighted by atomic mass is 10.0. The van der Waals surface area contributed by atoms with Crippen molar-refractivity contribution in [2.45, 2.75) is 43.8 Å². The van der Waals surface area contributed by atoms with Crippen LogP contribution in [0.3, 0.4) is 0 Å². The first-order valence-electron chi connectivity index (χ1n) is 9.84. The van der Waals surface area contributed by atoms with Crippen LogP contribution < -0.4 is 21.7 Å². The number of aliphatic carboxylic acids is 3. The van der Waals surface area contributed by atoms with E-state index in [1.807, 2.05) is 5.32 Å². The highest BCUT2D eigenvalue weighted by molar-refractivity contribution is 5.95. The number of nitrogens with one attached hydrogen (secondary N) is 3. The van der Waals surface area contributed by atoms with Gasteiger partial charge in [0.05, 0.1) is 13.0 Å². The van der Waals surface area contributed by atoms with Crippen molar-refractivity contribution in [3.63, 3.8) is 0 Å². The van der Waals surface area contributed by atoms with Crippen molar-refractivity contribution in [2.24, 2.45) is 5.73 Å². The summed E-state index contributed by atoms with van der Waals surface area (Å²) in [5, 5.41) is 33.7. The second kappa shape index (κ2) is 13.4. The van der Waals surface area contributed by atoms with E-state index in [4.69, 9.17) is 15.9 Å². The van der Waals surface area contributed by atoms with Gasteiger partial charge in [-0.1, -0.05) is 30.3 Å². The molecule has 0 radical (unpaired) electrons. The van der Waals surface area contributed by atoms with Gasteiger partial charge in [-0.3, -0.25) is 24.0 Å². The summed E-state index contributed by atoms with van der Waals surface area (Å²) in [6.07, 6.45) is -1.88. The smallest absolute Gasteiger partial charge is 0.326 e. The van der Waals surface area contributed by atoms with Crippen LogP contribution in [0, 0.1) is 0 Å². The van der Waals surface area contributed by atoms with Gasteiger partial charge >= 0.3 is 17.9 Å². The number of hydrogen-bond donors (Lipinski definition) is 7. The van der Waals surface area contributed by atoms with E-state index in [1.54, 1.807) is 30.3 Å². The van der Waals surface area contributed by atoms with E-state index < -0.39 is 79.6 Å². The molecule has 0 bridgehead atoms. The maximum absolute atomic E-state index is 12.8. The van der Waals surface area contributed by atoms with Crippen LogP contribution in [0.25, 0.3) is 0 Å². The summed E-state index contributed by atoms with van der Waals surface area (Å²) in [7, 11) is 0. The van der Waals surface area contributed by atoms with Crippen molar-refractivity contribution < 1.29 is 44.1 Å². The van der Waals surface area contributed by atoms with E-state index in [0.717, 1.165) is 0 Å². The van der Waals surface area contributed by atoms with Gasteiger partial charge in [-0.05, 0) is 12.0 Å². The third kappa shape index (κ3) is 10.2. The number of nitrogens with two attached hydrogens (primary N) is 1. The quantitative estimate of drug-likeness (QED) is 0.161. The number of benzene rings is 1. The number of carbonyl (C=O) groups is 6. The molecule has 1 aromatic rings. The summed E-state index contributed by atoms with van der Waals surface area (Å²) in [5.41, 5.74) is 5.94. The highest BCUT2D eigenvalue weighted by Crippen LogP contribution is 2.06. The van der Waals surface area contributed by atoms with Crippen LogP contribution in [0.4, 0.5) is 0 Å². The number of rotatable bonds is 14. The van der Waals surface area contributed by atoms with Crippen molar-refractivity contribution in [3.8, 4) is 0 Å². The molecule has 33 heavy (non-hydrogen) atoms. The molecule has 3 atom stereocenters. The monoisotopic (exact) mass is 466 g/mol. The van der Waals surface area contributed by atoms with Crippen LogP contribution in [-0.2, 0) is 35.2 Å². The molecule has 1 aromatic carbocycles. The zero-order chi connectivity index (χ0) is 25.0. The lowest BCUT2D eigenvalue weighted by molar-refractivity contribution is -0.144. The van der Waals surface area contributed by atoms with Crippen molar-refractivity contribution in [3.05, 3.63) is 35.9 Å². The predicted molar refractivity (Wildman–Crippen MR) is 112 cm³/mol. The average molecular weight is 466 g/mol. The van der Waals surface area contributed by atoms with E-state index in [0.29, 0.717) is 5.56 Å². The Bertz CT molecular complexity index is 876. The third-order valence-corrected chi connectivity index (χ3v) is 4.39. The Morgan fingerprint density at radius 3 is 1.88 bits per heavy atom. The maximum atomic E-state index is 12.8. The van der Waals surface area contributed by atoms with Crippen molar-refractivity contribution in [2.75, 3.05) is 6.54 Å². The molecule has 0 aromatic heterocycles. The van der Waals surface area contributed by atoms with Gasteiger partial charge in [-0.25, -0.2) is 4.79 Å². The van der Waals surface area contributed by atoms with Gasteiger partial charge in [0.2, 0.25) is 17.7 Å². The Kier molecular flexibility index (Phi) is 11.0. The summed E-state index contributed by atoms with van der Waals surface area (Å²) < 4.78 is 0. The number of carboxylic acids is 3. The summed E-state index contributed by atoms with van der Waals surface area (Å²) in [5.74, 6) is -6.96. The van der Waals surface area contributed by atoms with Crippen LogP contribution in [0.5, 0.6) is 0 Å². The van der Waals surface area contributed by atoms with Gasteiger partial charge in [0.1, 0.15) is 18.1 Å². The minimum atomic E-state index is -1.69. The second-order valence-corrected chi connectivity index (χ2v) is 7.00. The standard InChI is InChI=1S/C20H26N4O9/c21-10-15(25)22-13(8-11-4-2-1-3-5-11)18(30)24-14(9-17(28)29)19(31)23-12(20(32)33)6-7-16(26)27/h1-5,12-14H,6-10,21H2,(H,22,25)(H,23,31)(H,24,30)(H,26,27)(H,28,29)(H,32,33). The average Bonchev–Trinajstić information content (AvgIpc) is 2.75.